The Kier molecular flexibility index (Phi) is 6.98. The van der Waals surface area contributed by atoms with E-state index in [0.29, 0.717) is 11.3 Å². The van der Waals surface area contributed by atoms with Crippen LogP contribution in [0.3, 0.4) is 0 Å². The molecular weight excluding hydrogens is 370 g/mol. The average Bonchev–Trinajstić information content (AvgIpc) is 3.22. The molecule has 0 bridgehead atoms. The second-order valence-electron chi connectivity index (χ2n) is 6.47. The first-order chi connectivity index (χ1) is 13.7. The number of hydrogen-bond donors (Lipinski definition) is 1. The lowest BCUT2D eigenvalue weighted by Crippen LogP contribution is -2.26. The molecule has 0 unspecified atom stereocenters. The molecule has 2 aromatic carbocycles. The molecule has 0 atom stereocenters. The van der Waals surface area contributed by atoms with E-state index in [0.717, 1.165) is 28.8 Å². The highest BCUT2D eigenvalue weighted by molar-refractivity contribution is 7.14. The summed E-state index contributed by atoms with van der Waals surface area (Å²) >= 11 is 1.40. The molecule has 3 rings (SSSR count). The summed E-state index contributed by atoms with van der Waals surface area (Å²) in [5, 5.41) is 0. The number of benzene rings is 2. The Morgan fingerprint density at radius 2 is 1.54 bits per heavy atom. The van der Waals surface area contributed by atoms with Crippen molar-refractivity contribution in [3.8, 4) is 0 Å². The minimum Gasteiger partial charge on any atom is -0.341 e. The van der Waals surface area contributed by atoms with Crippen LogP contribution >= 0.6 is 11.3 Å². The van der Waals surface area contributed by atoms with E-state index in [1.807, 2.05) is 49.4 Å². The Morgan fingerprint density at radius 1 is 0.929 bits per heavy atom. The Labute approximate surface area is 169 Å². The number of hydroxylamine groups is 1. The van der Waals surface area contributed by atoms with Gasteiger partial charge in [-0.2, -0.15) is 5.48 Å². The summed E-state index contributed by atoms with van der Waals surface area (Å²) in [5.41, 5.74) is 4.58. The van der Waals surface area contributed by atoms with Gasteiger partial charge in [-0.3, -0.25) is 4.79 Å². The molecule has 0 aliphatic rings. The van der Waals surface area contributed by atoms with Gasteiger partial charge < -0.3 is 4.84 Å². The van der Waals surface area contributed by atoms with Gasteiger partial charge in [0.15, 0.2) is 0 Å². The molecule has 28 heavy (non-hydrogen) atoms. The predicted octanol–water partition coefficient (Wildman–Crippen LogP) is 5.31. The Morgan fingerprint density at radius 3 is 2.11 bits per heavy atom. The van der Waals surface area contributed by atoms with E-state index >= 15 is 0 Å². The van der Waals surface area contributed by atoms with Crippen LogP contribution in [0.15, 0.2) is 72.8 Å². The van der Waals surface area contributed by atoms with Gasteiger partial charge in [0.1, 0.15) is 0 Å². The fourth-order valence-corrected chi connectivity index (χ4v) is 4.02. The van der Waals surface area contributed by atoms with Gasteiger partial charge in [0.25, 0.3) is 5.91 Å². The molecule has 1 aromatic heterocycles. The second-order valence-corrected chi connectivity index (χ2v) is 7.58. The van der Waals surface area contributed by atoms with E-state index in [2.05, 4.69) is 29.7 Å². The van der Waals surface area contributed by atoms with Crippen LogP contribution in [0, 0.1) is 0 Å². The fraction of sp³-hybridized carbons (Fsp3) is 0.217. The van der Waals surface area contributed by atoms with E-state index in [1.165, 1.54) is 11.3 Å². The molecule has 5 heteroatoms. The maximum absolute atomic E-state index is 12.4. The fourth-order valence-electron chi connectivity index (χ4n) is 2.97. The first-order valence-electron chi connectivity index (χ1n) is 9.38. The smallest absolute Gasteiger partial charge is 0.332 e. The van der Waals surface area contributed by atoms with Gasteiger partial charge in [-0.25, -0.2) is 4.79 Å². The molecular formula is C23H23NO3S. The van der Waals surface area contributed by atoms with Gasteiger partial charge in [-0.05, 0) is 29.7 Å². The van der Waals surface area contributed by atoms with Crippen molar-refractivity contribution < 1.29 is 14.4 Å². The third-order valence-corrected chi connectivity index (χ3v) is 5.54. The molecule has 1 amide bonds. The maximum atomic E-state index is 12.4. The number of unbranched alkanes of at least 4 members (excludes halogenated alkanes) is 1. The number of amides is 1. The van der Waals surface area contributed by atoms with Crippen molar-refractivity contribution in [3.05, 3.63) is 93.7 Å². The quantitative estimate of drug-likeness (QED) is 0.554. The van der Waals surface area contributed by atoms with Gasteiger partial charge in [-0.1, -0.05) is 74.0 Å². The van der Waals surface area contributed by atoms with Crippen molar-refractivity contribution in [3.63, 3.8) is 0 Å². The zero-order chi connectivity index (χ0) is 19.8. The highest BCUT2D eigenvalue weighted by atomic mass is 32.1. The van der Waals surface area contributed by atoms with Crippen molar-refractivity contribution in [2.75, 3.05) is 0 Å². The summed E-state index contributed by atoms with van der Waals surface area (Å²) in [5.74, 6) is -0.777. The normalized spacial score (nSPS) is 10.6. The molecule has 0 fully saturated rings. The molecule has 4 nitrogen and oxygen atoms in total. The molecule has 3 aromatic rings. The molecule has 1 heterocycles. The van der Waals surface area contributed by atoms with Gasteiger partial charge in [0.05, 0.1) is 4.88 Å². The van der Waals surface area contributed by atoms with E-state index in [1.54, 1.807) is 6.07 Å². The van der Waals surface area contributed by atoms with Crippen molar-refractivity contribution in [1.82, 2.24) is 5.48 Å². The van der Waals surface area contributed by atoms with Crippen molar-refractivity contribution >= 4 is 23.2 Å². The van der Waals surface area contributed by atoms with E-state index in [4.69, 9.17) is 4.84 Å². The summed E-state index contributed by atoms with van der Waals surface area (Å²) < 4.78 is 0. The third kappa shape index (κ3) is 5.08. The van der Waals surface area contributed by atoms with Crippen LogP contribution in [-0.4, -0.2) is 11.9 Å². The van der Waals surface area contributed by atoms with Crippen molar-refractivity contribution in [2.24, 2.45) is 0 Å². The maximum Gasteiger partial charge on any atom is 0.332 e. The van der Waals surface area contributed by atoms with Crippen LogP contribution in [-0.2, 0) is 9.63 Å². The Bertz CT molecular complexity index is 866. The first kappa shape index (κ1) is 19.8. The lowest BCUT2D eigenvalue weighted by atomic mass is 9.90. The molecule has 0 aliphatic heterocycles. The van der Waals surface area contributed by atoms with Gasteiger partial charge >= 0.3 is 5.97 Å². The highest BCUT2D eigenvalue weighted by Gasteiger charge is 2.20. The molecule has 0 aliphatic carbocycles. The lowest BCUT2D eigenvalue weighted by molar-refractivity contribution is -0.149. The van der Waals surface area contributed by atoms with Crippen LogP contribution in [0.4, 0.5) is 0 Å². The van der Waals surface area contributed by atoms with Crippen molar-refractivity contribution in [1.29, 1.82) is 0 Å². The monoisotopic (exact) mass is 393 g/mol. The van der Waals surface area contributed by atoms with Crippen LogP contribution in [0.1, 0.15) is 57.8 Å². The number of rotatable bonds is 7. The SMILES string of the molecule is CCCCC(=O)ONC(=O)c1ccc(C(c2ccccc2)c2ccccc2)s1. The Balaban J connectivity index is 1.78. The number of carbonyl (C=O) groups excluding carboxylic acids is 2. The average molecular weight is 394 g/mol. The van der Waals surface area contributed by atoms with Crippen molar-refractivity contribution in [2.45, 2.75) is 32.1 Å². The molecule has 144 valence electrons. The lowest BCUT2D eigenvalue weighted by Gasteiger charge is -2.16. The standard InChI is InChI=1S/C23H23NO3S/c1-2-3-14-21(25)27-24-23(26)20-16-15-19(28-20)22(17-10-6-4-7-11-17)18-12-8-5-9-13-18/h4-13,15-16,22H,2-3,14H2,1H3,(H,24,26). The molecule has 0 saturated carbocycles. The van der Waals surface area contributed by atoms with Crippen LogP contribution < -0.4 is 5.48 Å². The van der Waals surface area contributed by atoms with Gasteiger partial charge in [0.2, 0.25) is 0 Å². The topological polar surface area (TPSA) is 55.4 Å². The van der Waals surface area contributed by atoms with Gasteiger partial charge in [0, 0.05) is 17.2 Å². The largest absolute Gasteiger partial charge is 0.341 e. The molecule has 0 saturated heterocycles. The summed E-state index contributed by atoms with van der Waals surface area (Å²) in [6.45, 7) is 1.99. The number of thiophene rings is 1. The minimum atomic E-state index is -0.418. The zero-order valence-corrected chi connectivity index (χ0v) is 16.6. The van der Waals surface area contributed by atoms with Crippen LogP contribution in [0.25, 0.3) is 0 Å². The van der Waals surface area contributed by atoms with Crippen LogP contribution in [0.5, 0.6) is 0 Å². The number of hydrogen-bond acceptors (Lipinski definition) is 4. The van der Waals surface area contributed by atoms with Gasteiger partial charge in [-0.15, -0.1) is 11.3 Å². The second kappa shape index (κ2) is 9.85. The first-order valence-corrected chi connectivity index (χ1v) is 10.2. The predicted molar refractivity (Wildman–Crippen MR) is 111 cm³/mol. The van der Waals surface area contributed by atoms with E-state index in [9.17, 15) is 9.59 Å². The zero-order valence-electron chi connectivity index (χ0n) is 15.8. The number of carbonyl (C=O) groups is 2. The minimum absolute atomic E-state index is 0.0426. The summed E-state index contributed by atoms with van der Waals surface area (Å²) in [7, 11) is 0. The summed E-state index contributed by atoms with van der Waals surface area (Å²) in [4.78, 5) is 30.4. The van der Waals surface area contributed by atoms with Crippen LogP contribution in [0.2, 0.25) is 0 Å². The number of nitrogens with one attached hydrogen (secondary N) is 1. The summed E-state index contributed by atoms with van der Waals surface area (Å²) in [6.07, 6.45) is 1.95. The molecule has 0 radical (unpaired) electrons. The Hall–Kier alpha value is -2.92. The highest BCUT2D eigenvalue weighted by Crippen LogP contribution is 2.35. The van der Waals surface area contributed by atoms with E-state index in [-0.39, 0.29) is 5.92 Å². The van der Waals surface area contributed by atoms with E-state index < -0.39 is 11.9 Å². The molecule has 0 spiro atoms. The molecule has 1 N–H and O–H groups in total. The third-order valence-electron chi connectivity index (χ3n) is 4.39. The summed E-state index contributed by atoms with van der Waals surface area (Å²) in [6, 6.07) is 24.1.